The molecule has 0 unspecified atom stereocenters. The van der Waals surface area contributed by atoms with Crippen molar-refractivity contribution < 1.29 is 29.0 Å². The van der Waals surface area contributed by atoms with Crippen LogP contribution in [-0.4, -0.2) is 60.7 Å². The minimum Gasteiger partial charge on any atom is -0.455 e. The number of carbonyl (C=O) groups excluding carboxylic acids is 3. The van der Waals surface area contributed by atoms with Gasteiger partial charge < -0.3 is 24.8 Å². The molecule has 40 heavy (non-hydrogen) atoms. The molecule has 8 nitrogen and oxygen atoms in total. The number of methoxy groups -OCH3 is 1. The van der Waals surface area contributed by atoms with E-state index in [9.17, 15) is 19.5 Å². The summed E-state index contributed by atoms with van der Waals surface area (Å²) in [5, 5.41) is 12.5. The average molecular weight is 551 g/mol. The molecular weight excluding hydrogens is 508 g/mol. The second kappa shape index (κ2) is 18.5. The molecule has 0 heterocycles. The van der Waals surface area contributed by atoms with Crippen molar-refractivity contribution >= 4 is 17.8 Å². The standard InChI is InChI=1S/C32H42N2O6/c1-4-6-9-19-30(37)40-31(26-17-12-8-13-18-26)28(24-39-3)33-32(38)27(14-5-2)22-29(36)34(20-21-35)23-25-15-10-7-11-16-25/h4-5,7-8,10-13,15-18,27-28,31,35H,1-2,6,9,14,19-24H2,3H3,(H,33,38)/t27-,28-,31-/m0/s1. The van der Waals surface area contributed by atoms with Gasteiger partial charge in [-0.15, -0.1) is 13.2 Å². The molecule has 8 heteroatoms. The smallest absolute Gasteiger partial charge is 0.306 e. The molecule has 0 radical (unpaired) electrons. The Labute approximate surface area is 237 Å². The summed E-state index contributed by atoms with van der Waals surface area (Å²) in [4.78, 5) is 41.0. The molecule has 0 saturated heterocycles. The molecule has 2 aromatic carbocycles. The van der Waals surface area contributed by atoms with Crippen LogP contribution in [0.4, 0.5) is 0 Å². The summed E-state index contributed by atoms with van der Waals surface area (Å²) in [6, 6.07) is 18.0. The molecule has 0 fully saturated rings. The number of carbonyl (C=O) groups is 3. The van der Waals surface area contributed by atoms with Gasteiger partial charge in [-0.2, -0.15) is 0 Å². The number of benzene rings is 2. The van der Waals surface area contributed by atoms with Crippen LogP contribution in [0.25, 0.3) is 0 Å². The zero-order chi connectivity index (χ0) is 29.2. The average Bonchev–Trinajstić information content (AvgIpc) is 2.96. The van der Waals surface area contributed by atoms with Crippen molar-refractivity contribution in [2.45, 2.75) is 50.8 Å². The summed E-state index contributed by atoms with van der Waals surface area (Å²) in [5.74, 6) is -1.72. The Morgan fingerprint density at radius 1 is 1.02 bits per heavy atom. The number of allylic oxidation sites excluding steroid dienone is 2. The van der Waals surface area contributed by atoms with E-state index in [0.717, 1.165) is 11.1 Å². The van der Waals surface area contributed by atoms with Gasteiger partial charge in [0.15, 0.2) is 0 Å². The summed E-state index contributed by atoms with van der Waals surface area (Å²) in [7, 11) is 1.51. The van der Waals surface area contributed by atoms with E-state index in [1.807, 2.05) is 60.7 Å². The highest BCUT2D eigenvalue weighted by molar-refractivity contribution is 5.86. The first-order chi connectivity index (χ1) is 19.4. The second-order valence-electron chi connectivity index (χ2n) is 9.52. The number of ether oxygens (including phenoxy) is 2. The SMILES string of the molecule is C=CCCCC(=O)O[C@@H](c1ccccc1)[C@H](COC)NC(=O)[C@@H](CC=C)CC(=O)N(CCO)Cc1ccccc1. The normalized spacial score (nSPS) is 12.9. The van der Waals surface area contributed by atoms with Crippen molar-refractivity contribution in [3.63, 3.8) is 0 Å². The van der Waals surface area contributed by atoms with Crippen LogP contribution in [0, 0.1) is 5.92 Å². The lowest BCUT2D eigenvalue weighted by atomic mass is 9.97. The molecule has 2 N–H and O–H groups in total. The van der Waals surface area contributed by atoms with Gasteiger partial charge in [0.1, 0.15) is 6.10 Å². The number of nitrogens with zero attached hydrogens (tertiary/aromatic N) is 1. The first kappa shape index (κ1) is 32.5. The van der Waals surface area contributed by atoms with Crippen LogP contribution in [0.1, 0.15) is 49.3 Å². The van der Waals surface area contributed by atoms with Crippen molar-refractivity contribution in [3.8, 4) is 0 Å². The van der Waals surface area contributed by atoms with Crippen LogP contribution < -0.4 is 5.32 Å². The molecule has 2 aromatic rings. The number of unbranched alkanes of at least 4 members (excludes halogenated alkanes) is 1. The van der Waals surface area contributed by atoms with E-state index in [1.54, 1.807) is 17.1 Å². The Morgan fingerprint density at radius 2 is 1.70 bits per heavy atom. The molecule has 3 atom stereocenters. The zero-order valence-electron chi connectivity index (χ0n) is 23.4. The van der Waals surface area contributed by atoms with Gasteiger partial charge in [-0.1, -0.05) is 72.8 Å². The first-order valence-corrected chi connectivity index (χ1v) is 13.6. The van der Waals surface area contributed by atoms with Gasteiger partial charge in [-0.3, -0.25) is 14.4 Å². The van der Waals surface area contributed by atoms with Crippen molar-refractivity contribution in [3.05, 3.63) is 97.1 Å². The fraction of sp³-hybridized carbons (Fsp3) is 0.406. The molecule has 0 aliphatic rings. The van der Waals surface area contributed by atoms with Crippen LogP contribution in [-0.2, 0) is 30.4 Å². The monoisotopic (exact) mass is 550 g/mol. The van der Waals surface area contributed by atoms with Gasteiger partial charge in [0, 0.05) is 33.0 Å². The van der Waals surface area contributed by atoms with Gasteiger partial charge in [0.05, 0.1) is 25.2 Å². The molecule has 0 aliphatic carbocycles. The number of amides is 2. The number of aliphatic hydroxyl groups excluding tert-OH is 1. The maximum atomic E-state index is 13.5. The maximum absolute atomic E-state index is 13.5. The summed E-state index contributed by atoms with van der Waals surface area (Å²) in [5.41, 5.74) is 1.64. The van der Waals surface area contributed by atoms with Crippen LogP contribution >= 0.6 is 0 Å². The fourth-order valence-corrected chi connectivity index (χ4v) is 4.34. The van der Waals surface area contributed by atoms with Gasteiger partial charge in [0.25, 0.3) is 0 Å². The van der Waals surface area contributed by atoms with E-state index in [-0.39, 0.29) is 56.8 Å². The summed E-state index contributed by atoms with van der Waals surface area (Å²) < 4.78 is 11.3. The summed E-state index contributed by atoms with van der Waals surface area (Å²) in [6.07, 6.45) is 4.29. The molecule has 216 valence electrons. The number of hydrogen-bond donors (Lipinski definition) is 2. The molecule has 0 bridgehead atoms. The molecule has 0 spiro atoms. The highest BCUT2D eigenvalue weighted by Crippen LogP contribution is 2.24. The number of nitrogens with one attached hydrogen (secondary N) is 1. The van der Waals surface area contributed by atoms with Gasteiger partial charge in [-0.05, 0) is 30.4 Å². The van der Waals surface area contributed by atoms with E-state index in [1.165, 1.54) is 7.11 Å². The first-order valence-electron chi connectivity index (χ1n) is 13.6. The second-order valence-corrected chi connectivity index (χ2v) is 9.52. The van der Waals surface area contributed by atoms with Gasteiger partial charge in [0.2, 0.25) is 11.8 Å². The molecule has 2 rings (SSSR count). The van der Waals surface area contributed by atoms with Crippen LogP contribution in [0.5, 0.6) is 0 Å². The Balaban J connectivity index is 2.21. The van der Waals surface area contributed by atoms with Crippen molar-refractivity contribution in [2.24, 2.45) is 5.92 Å². The number of hydrogen-bond acceptors (Lipinski definition) is 6. The number of aliphatic hydroxyl groups is 1. The topological polar surface area (TPSA) is 105 Å². The highest BCUT2D eigenvalue weighted by Gasteiger charge is 2.32. The van der Waals surface area contributed by atoms with Gasteiger partial charge >= 0.3 is 5.97 Å². The highest BCUT2D eigenvalue weighted by atomic mass is 16.5. The zero-order valence-corrected chi connectivity index (χ0v) is 23.4. The number of rotatable bonds is 19. The Hall–Kier alpha value is -3.75. The lowest BCUT2D eigenvalue weighted by Crippen LogP contribution is -2.47. The third kappa shape index (κ3) is 11.2. The maximum Gasteiger partial charge on any atom is 0.306 e. The minimum absolute atomic E-state index is 0.0677. The van der Waals surface area contributed by atoms with E-state index in [4.69, 9.17) is 9.47 Å². The summed E-state index contributed by atoms with van der Waals surface area (Å²) in [6.45, 7) is 7.83. The Bertz CT molecular complexity index is 1060. The molecule has 2 amide bonds. The van der Waals surface area contributed by atoms with Crippen LogP contribution in [0.2, 0.25) is 0 Å². The third-order valence-electron chi connectivity index (χ3n) is 6.40. The van der Waals surface area contributed by atoms with Gasteiger partial charge in [-0.25, -0.2) is 0 Å². The molecule has 0 aliphatic heterocycles. The Kier molecular flexibility index (Phi) is 15.0. The predicted molar refractivity (Wildman–Crippen MR) is 155 cm³/mol. The van der Waals surface area contributed by atoms with Crippen LogP contribution in [0.3, 0.4) is 0 Å². The van der Waals surface area contributed by atoms with E-state index < -0.39 is 18.1 Å². The van der Waals surface area contributed by atoms with E-state index in [2.05, 4.69) is 18.5 Å². The lowest BCUT2D eigenvalue weighted by molar-refractivity contribution is -0.153. The van der Waals surface area contributed by atoms with Crippen LogP contribution in [0.15, 0.2) is 86.0 Å². The van der Waals surface area contributed by atoms with E-state index >= 15 is 0 Å². The Morgan fingerprint density at radius 3 is 2.30 bits per heavy atom. The minimum atomic E-state index is -0.787. The summed E-state index contributed by atoms with van der Waals surface area (Å²) >= 11 is 0. The molecular formula is C32H42N2O6. The quantitative estimate of drug-likeness (QED) is 0.153. The fourth-order valence-electron chi connectivity index (χ4n) is 4.34. The van der Waals surface area contributed by atoms with E-state index in [0.29, 0.717) is 19.4 Å². The largest absolute Gasteiger partial charge is 0.455 e. The van der Waals surface area contributed by atoms with Crippen molar-refractivity contribution in [2.75, 3.05) is 26.9 Å². The van der Waals surface area contributed by atoms with Crippen molar-refractivity contribution in [1.29, 1.82) is 0 Å². The third-order valence-corrected chi connectivity index (χ3v) is 6.40. The number of esters is 1. The predicted octanol–water partition coefficient (Wildman–Crippen LogP) is 4.36. The van der Waals surface area contributed by atoms with Crippen molar-refractivity contribution in [1.82, 2.24) is 10.2 Å². The lowest BCUT2D eigenvalue weighted by Gasteiger charge is -2.30. The molecule has 0 saturated carbocycles. The molecule has 0 aromatic heterocycles.